The number of benzene rings is 1. The fourth-order valence-corrected chi connectivity index (χ4v) is 2.07. The molecule has 0 aromatic heterocycles. The largest absolute Gasteiger partial charge is 0.497 e. The Labute approximate surface area is 96.0 Å². The van der Waals surface area contributed by atoms with Crippen LogP contribution < -0.4 is 9.47 Å². The first-order valence-electron chi connectivity index (χ1n) is 5.71. The summed E-state index contributed by atoms with van der Waals surface area (Å²) in [4.78, 5) is 0. The van der Waals surface area contributed by atoms with Crippen LogP contribution in [0.1, 0.15) is 25.7 Å². The van der Waals surface area contributed by atoms with E-state index in [1.54, 1.807) is 7.11 Å². The molecule has 1 fully saturated rings. The lowest BCUT2D eigenvalue weighted by Crippen LogP contribution is -2.32. The lowest BCUT2D eigenvalue weighted by molar-refractivity contribution is 0.00140. The van der Waals surface area contributed by atoms with Crippen LogP contribution in [0, 0.1) is 0 Å². The first kappa shape index (κ1) is 11.3. The number of aliphatic hydroxyl groups is 1. The molecular formula is C13H18O3. The van der Waals surface area contributed by atoms with E-state index in [0.29, 0.717) is 6.61 Å². The molecule has 0 bridgehead atoms. The highest BCUT2D eigenvalue weighted by Crippen LogP contribution is 2.30. The normalized spacial score (nSPS) is 18.4. The maximum Gasteiger partial charge on any atom is 0.119 e. The molecule has 0 aliphatic heterocycles. The molecule has 0 saturated heterocycles. The van der Waals surface area contributed by atoms with E-state index in [9.17, 15) is 5.11 Å². The Bertz CT molecular complexity index is 326. The van der Waals surface area contributed by atoms with E-state index in [-0.39, 0.29) is 0 Å². The van der Waals surface area contributed by atoms with Crippen LogP contribution in [0.2, 0.25) is 0 Å². The van der Waals surface area contributed by atoms with Crippen molar-refractivity contribution in [1.82, 2.24) is 0 Å². The Morgan fingerprint density at radius 1 is 1.12 bits per heavy atom. The zero-order valence-corrected chi connectivity index (χ0v) is 9.61. The van der Waals surface area contributed by atoms with Gasteiger partial charge in [0.05, 0.1) is 12.7 Å². The molecular weight excluding hydrogens is 204 g/mol. The van der Waals surface area contributed by atoms with Gasteiger partial charge in [-0.1, -0.05) is 12.8 Å². The molecule has 1 aliphatic carbocycles. The first-order valence-corrected chi connectivity index (χ1v) is 5.71. The van der Waals surface area contributed by atoms with Crippen LogP contribution in [0.4, 0.5) is 0 Å². The van der Waals surface area contributed by atoms with Crippen LogP contribution >= 0.6 is 0 Å². The molecule has 1 aromatic carbocycles. The molecule has 2 rings (SSSR count). The number of ether oxygens (including phenoxy) is 2. The zero-order valence-electron chi connectivity index (χ0n) is 9.61. The van der Waals surface area contributed by atoms with E-state index in [1.807, 2.05) is 24.3 Å². The molecule has 88 valence electrons. The second-order valence-electron chi connectivity index (χ2n) is 4.40. The fourth-order valence-electron chi connectivity index (χ4n) is 2.07. The average molecular weight is 222 g/mol. The van der Waals surface area contributed by atoms with Gasteiger partial charge in [-0.2, -0.15) is 0 Å². The van der Waals surface area contributed by atoms with E-state index < -0.39 is 5.60 Å². The van der Waals surface area contributed by atoms with Crippen molar-refractivity contribution in [2.45, 2.75) is 31.3 Å². The molecule has 0 spiro atoms. The first-order chi connectivity index (χ1) is 7.72. The van der Waals surface area contributed by atoms with Crippen molar-refractivity contribution in [2.24, 2.45) is 0 Å². The smallest absolute Gasteiger partial charge is 0.119 e. The van der Waals surface area contributed by atoms with Crippen LogP contribution in [0.3, 0.4) is 0 Å². The Morgan fingerprint density at radius 3 is 2.25 bits per heavy atom. The van der Waals surface area contributed by atoms with Crippen LogP contribution in [0.15, 0.2) is 24.3 Å². The van der Waals surface area contributed by atoms with Gasteiger partial charge in [-0.15, -0.1) is 0 Å². The average Bonchev–Trinajstić information content (AvgIpc) is 2.75. The number of hydrogen-bond acceptors (Lipinski definition) is 3. The summed E-state index contributed by atoms with van der Waals surface area (Å²) in [6.07, 6.45) is 3.90. The van der Waals surface area contributed by atoms with Gasteiger partial charge in [0.2, 0.25) is 0 Å². The molecule has 16 heavy (non-hydrogen) atoms. The monoisotopic (exact) mass is 222 g/mol. The van der Waals surface area contributed by atoms with Gasteiger partial charge in [0.25, 0.3) is 0 Å². The summed E-state index contributed by atoms with van der Waals surface area (Å²) in [5.74, 6) is 1.59. The molecule has 0 heterocycles. The summed E-state index contributed by atoms with van der Waals surface area (Å²) in [5, 5.41) is 10.1. The zero-order chi connectivity index (χ0) is 11.4. The summed E-state index contributed by atoms with van der Waals surface area (Å²) in [6, 6.07) is 7.43. The molecule has 1 saturated carbocycles. The van der Waals surface area contributed by atoms with E-state index in [0.717, 1.165) is 37.2 Å². The maximum absolute atomic E-state index is 10.1. The lowest BCUT2D eigenvalue weighted by atomic mass is 10.0. The predicted molar refractivity (Wildman–Crippen MR) is 61.9 cm³/mol. The van der Waals surface area contributed by atoms with Crippen molar-refractivity contribution in [3.63, 3.8) is 0 Å². The molecule has 3 heteroatoms. The van der Waals surface area contributed by atoms with E-state index in [2.05, 4.69) is 0 Å². The van der Waals surface area contributed by atoms with Gasteiger partial charge in [-0.25, -0.2) is 0 Å². The standard InChI is InChI=1S/C13H18O3/c1-15-11-4-6-12(7-5-11)16-10-13(14)8-2-3-9-13/h4-7,14H,2-3,8-10H2,1H3. The Hall–Kier alpha value is -1.22. The van der Waals surface area contributed by atoms with Gasteiger partial charge < -0.3 is 14.6 Å². The number of hydrogen-bond donors (Lipinski definition) is 1. The highest BCUT2D eigenvalue weighted by molar-refractivity contribution is 5.31. The molecule has 0 atom stereocenters. The minimum absolute atomic E-state index is 0.388. The quantitative estimate of drug-likeness (QED) is 0.850. The molecule has 0 radical (unpaired) electrons. The Balaban J connectivity index is 1.89. The van der Waals surface area contributed by atoms with Crippen LogP contribution in [-0.2, 0) is 0 Å². The molecule has 0 unspecified atom stereocenters. The van der Waals surface area contributed by atoms with Crippen molar-refractivity contribution in [1.29, 1.82) is 0 Å². The third-order valence-corrected chi connectivity index (χ3v) is 3.10. The van der Waals surface area contributed by atoms with Crippen molar-refractivity contribution in [2.75, 3.05) is 13.7 Å². The summed E-state index contributed by atoms with van der Waals surface area (Å²) in [7, 11) is 1.64. The van der Waals surface area contributed by atoms with Gasteiger partial charge in [0, 0.05) is 0 Å². The van der Waals surface area contributed by atoms with Crippen LogP contribution in [-0.4, -0.2) is 24.4 Å². The molecule has 1 aromatic rings. The lowest BCUT2D eigenvalue weighted by Gasteiger charge is -2.22. The summed E-state index contributed by atoms with van der Waals surface area (Å²) < 4.78 is 10.6. The van der Waals surface area contributed by atoms with Crippen molar-refractivity contribution in [3.8, 4) is 11.5 Å². The topological polar surface area (TPSA) is 38.7 Å². The van der Waals surface area contributed by atoms with Crippen molar-refractivity contribution < 1.29 is 14.6 Å². The van der Waals surface area contributed by atoms with Crippen molar-refractivity contribution in [3.05, 3.63) is 24.3 Å². The second kappa shape index (κ2) is 4.74. The van der Waals surface area contributed by atoms with Gasteiger partial charge in [0.1, 0.15) is 18.1 Å². The molecule has 1 N–H and O–H groups in total. The Kier molecular flexibility index (Phi) is 3.34. The summed E-state index contributed by atoms with van der Waals surface area (Å²) >= 11 is 0. The van der Waals surface area contributed by atoms with Gasteiger partial charge in [-0.05, 0) is 37.1 Å². The summed E-state index contributed by atoms with van der Waals surface area (Å²) in [5.41, 5.74) is -0.611. The molecule has 0 amide bonds. The molecule has 3 nitrogen and oxygen atoms in total. The van der Waals surface area contributed by atoms with E-state index in [4.69, 9.17) is 9.47 Å². The fraction of sp³-hybridized carbons (Fsp3) is 0.538. The number of methoxy groups -OCH3 is 1. The van der Waals surface area contributed by atoms with Crippen LogP contribution in [0.5, 0.6) is 11.5 Å². The van der Waals surface area contributed by atoms with Gasteiger partial charge >= 0.3 is 0 Å². The minimum Gasteiger partial charge on any atom is -0.497 e. The van der Waals surface area contributed by atoms with Crippen molar-refractivity contribution >= 4 is 0 Å². The third-order valence-electron chi connectivity index (χ3n) is 3.10. The SMILES string of the molecule is COc1ccc(OCC2(O)CCCC2)cc1. The third kappa shape index (κ3) is 2.67. The Morgan fingerprint density at radius 2 is 1.69 bits per heavy atom. The maximum atomic E-state index is 10.1. The van der Waals surface area contributed by atoms with E-state index in [1.165, 1.54) is 0 Å². The predicted octanol–water partition coefficient (Wildman–Crippen LogP) is 2.38. The highest BCUT2D eigenvalue weighted by Gasteiger charge is 2.31. The highest BCUT2D eigenvalue weighted by atomic mass is 16.5. The number of rotatable bonds is 4. The second-order valence-corrected chi connectivity index (χ2v) is 4.40. The van der Waals surface area contributed by atoms with Crippen LogP contribution in [0.25, 0.3) is 0 Å². The van der Waals surface area contributed by atoms with E-state index >= 15 is 0 Å². The molecule has 1 aliphatic rings. The van der Waals surface area contributed by atoms with Gasteiger partial charge in [-0.3, -0.25) is 0 Å². The van der Waals surface area contributed by atoms with Gasteiger partial charge in [0.15, 0.2) is 0 Å². The minimum atomic E-state index is -0.611. The summed E-state index contributed by atoms with van der Waals surface area (Å²) in [6.45, 7) is 0.388.